The molecule has 2 aliphatic rings. The van der Waals surface area contributed by atoms with Crippen LogP contribution in [-0.4, -0.2) is 67.9 Å². The zero-order chi connectivity index (χ0) is 16.4. The van der Waals surface area contributed by atoms with Crippen LogP contribution in [0.3, 0.4) is 0 Å². The van der Waals surface area contributed by atoms with Crippen LogP contribution in [0.25, 0.3) is 10.9 Å². The number of anilines is 1. The number of ether oxygens (including phenoxy) is 2. The number of methoxy groups -OCH3 is 1. The van der Waals surface area contributed by atoms with E-state index in [0.717, 1.165) is 56.2 Å². The first-order valence-electron chi connectivity index (χ1n) is 8.67. The summed E-state index contributed by atoms with van der Waals surface area (Å²) in [6, 6.07) is 6.35. The highest BCUT2D eigenvalue weighted by molar-refractivity contribution is 5.86. The Labute approximate surface area is 142 Å². The number of benzene rings is 1. The summed E-state index contributed by atoms with van der Waals surface area (Å²) < 4.78 is 10.9. The highest BCUT2D eigenvalue weighted by Gasteiger charge is 2.23. The van der Waals surface area contributed by atoms with Crippen LogP contribution in [0.15, 0.2) is 24.5 Å². The first-order valence-corrected chi connectivity index (χ1v) is 8.67. The van der Waals surface area contributed by atoms with Crippen molar-refractivity contribution in [3.63, 3.8) is 0 Å². The number of hydrogen-bond acceptors (Lipinski definition) is 6. The van der Waals surface area contributed by atoms with Crippen molar-refractivity contribution in [2.45, 2.75) is 6.42 Å². The number of nitrogens with zero attached hydrogens (tertiary/aromatic N) is 4. The van der Waals surface area contributed by atoms with Crippen molar-refractivity contribution in [2.24, 2.45) is 5.92 Å². The fourth-order valence-corrected chi connectivity index (χ4v) is 3.66. The fraction of sp³-hybridized carbons (Fsp3) is 0.556. The van der Waals surface area contributed by atoms with Crippen LogP contribution >= 0.6 is 0 Å². The quantitative estimate of drug-likeness (QED) is 0.853. The maximum absolute atomic E-state index is 5.49. The minimum absolute atomic E-state index is 0.640. The first-order chi connectivity index (χ1) is 11.8. The Bertz CT molecular complexity index is 694. The van der Waals surface area contributed by atoms with Crippen molar-refractivity contribution in [3.05, 3.63) is 24.5 Å². The number of fused-ring (bicyclic) bond motifs is 1. The Balaban J connectivity index is 1.44. The molecular weight excluding hydrogens is 304 g/mol. The third-order valence-corrected chi connectivity index (χ3v) is 5.05. The van der Waals surface area contributed by atoms with Crippen molar-refractivity contribution in [3.8, 4) is 5.88 Å². The molecule has 24 heavy (non-hydrogen) atoms. The zero-order valence-electron chi connectivity index (χ0n) is 14.1. The fourth-order valence-electron chi connectivity index (χ4n) is 3.66. The van der Waals surface area contributed by atoms with E-state index in [4.69, 9.17) is 9.47 Å². The summed E-state index contributed by atoms with van der Waals surface area (Å²) in [6.45, 7) is 7.36. The minimum atomic E-state index is 0.640. The minimum Gasteiger partial charge on any atom is -0.480 e. The lowest BCUT2D eigenvalue weighted by molar-refractivity contribution is 0.164. The summed E-state index contributed by atoms with van der Waals surface area (Å²) in [5, 5.41) is 0.975. The van der Waals surface area contributed by atoms with Gasteiger partial charge in [-0.3, -0.25) is 4.90 Å². The van der Waals surface area contributed by atoms with E-state index in [9.17, 15) is 0 Å². The summed E-state index contributed by atoms with van der Waals surface area (Å²) in [4.78, 5) is 13.5. The average molecular weight is 328 g/mol. The number of rotatable bonds is 4. The average Bonchev–Trinajstić information content (AvgIpc) is 3.14. The molecule has 0 radical (unpaired) electrons. The van der Waals surface area contributed by atoms with Crippen LogP contribution in [0, 0.1) is 5.92 Å². The molecule has 2 aromatic rings. The highest BCUT2D eigenvalue weighted by Crippen LogP contribution is 2.27. The van der Waals surface area contributed by atoms with Gasteiger partial charge in [0, 0.05) is 45.0 Å². The summed E-state index contributed by atoms with van der Waals surface area (Å²) in [5.74, 6) is 1.36. The van der Waals surface area contributed by atoms with Gasteiger partial charge >= 0.3 is 0 Å². The van der Waals surface area contributed by atoms with Crippen molar-refractivity contribution in [1.29, 1.82) is 0 Å². The molecule has 1 unspecified atom stereocenters. The van der Waals surface area contributed by atoms with Gasteiger partial charge in [0.25, 0.3) is 0 Å². The maximum atomic E-state index is 5.49. The van der Waals surface area contributed by atoms with Gasteiger partial charge in [0.15, 0.2) is 0 Å². The summed E-state index contributed by atoms with van der Waals surface area (Å²) in [5.41, 5.74) is 2.14. The summed E-state index contributed by atoms with van der Waals surface area (Å²) in [7, 11) is 1.65. The Kier molecular flexibility index (Phi) is 4.49. The molecule has 1 atom stereocenters. The first kappa shape index (κ1) is 15.6. The molecule has 0 N–H and O–H groups in total. The largest absolute Gasteiger partial charge is 0.480 e. The predicted molar refractivity (Wildman–Crippen MR) is 93.7 cm³/mol. The maximum Gasteiger partial charge on any atom is 0.224 e. The van der Waals surface area contributed by atoms with Gasteiger partial charge in [0.1, 0.15) is 6.33 Å². The SMILES string of the molecule is COc1ncnc2ccc(N3CCN(CC4CCOC4)CC3)cc12. The third-order valence-electron chi connectivity index (χ3n) is 5.05. The van der Waals surface area contributed by atoms with E-state index in [2.05, 4.69) is 38.0 Å². The van der Waals surface area contributed by atoms with Crippen molar-refractivity contribution < 1.29 is 9.47 Å². The van der Waals surface area contributed by atoms with E-state index in [1.807, 2.05) is 0 Å². The van der Waals surface area contributed by atoms with Gasteiger partial charge in [-0.1, -0.05) is 0 Å². The zero-order valence-corrected chi connectivity index (χ0v) is 14.1. The molecule has 0 bridgehead atoms. The summed E-state index contributed by atoms with van der Waals surface area (Å²) >= 11 is 0. The number of aromatic nitrogens is 2. The van der Waals surface area contributed by atoms with Crippen LogP contribution in [0.2, 0.25) is 0 Å². The van der Waals surface area contributed by atoms with Crippen molar-refractivity contribution in [2.75, 3.05) is 57.9 Å². The lowest BCUT2D eigenvalue weighted by Crippen LogP contribution is -2.47. The van der Waals surface area contributed by atoms with E-state index in [-0.39, 0.29) is 0 Å². The lowest BCUT2D eigenvalue weighted by Gasteiger charge is -2.37. The van der Waals surface area contributed by atoms with Crippen molar-refractivity contribution in [1.82, 2.24) is 14.9 Å². The molecule has 0 aliphatic carbocycles. The number of piperazine rings is 1. The molecule has 4 rings (SSSR count). The van der Waals surface area contributed by atoms with Gasteiger partial charge in [-0.2, -0.15) is 0 Å². The van der Waals surface area contributed by atoms with E-state index in [1.54, 1.807) is 13.4 Å². The van der Waals surface area contributed by atoms with E-state index >= 15 is 0 Å². The molecule has 2 fully saturated rings. The molecular formula is C18H24N4O2. The Morgan fingerprint density at radius 2 is 2.08 bits per heavy atom. The normalized spacial score (nSPS) is 22.2. The molecule has 1 aromatic heterocycles. The molecule has 0 amide bonds. The topological polar surface area (TPSA) is 50.7 Å². The molecule has 2 aliphatic heterocycles. The van der Waals surface area contributed by atoms with Crippen LogP contribution in [0.5, 0.6) is 5.88 Å². The molecule has 2 saturated heterocycles. The molecule has 1 aromatic carbocycles. The van der Waals surface area contributed by atoms with Crippen LogP contribution in [0.1, 0.15) is 6.42 Å². The molecule has 3 heterocycles. The van der Waals surface area contributed by atoms with Crippen LogP contribution < -0.4 is 9.64 Å². The molecule has 6 nitrogen and oxygen atoms in total. The Morgan fingerprint density at radius 1 is 1.21 bits per heavy atom. The third kappa shape index (κ3) is 3.16. The standard InChI is InChI=1S/C18H24N4O2/c1-23-18-16-10-15(2-3-17(16)19-13-20-18)22-7-5-21(6-8-22)11-14-4-9-24-12-14/h2-3,10,13-14H,4-9,11-12H2,1H3. The van der Waals surface area contributed by atoms with Crippen LogP contribution in [-0.2, 0) is 4.74 Å². The van der Waals surface area contributed by atoms with Gasteiger partial charge < -0.3 is 14.4 Å². The van der Waals surface area contributed by atoms with Crippen molar-refractivity contribution >= 4 is 16.6 Å². The second-order valence-electron chi connectivity index (χ2n) is 6.60. The van der Waals surface area contributed by atoms with Gasteiger partial charge in [-0.05, 0) is 30.5 Å². The van der Waals surface area contributed by atoms with Gasteiger partial charge in [0.2, 0.25) is 5.88 Å². The Morgan fingerprint density at radius 3 is 2.83 bits per heavy atom. The van der Waals surface area contributed by atoms with Crippen LogP contribution in [0.4, 0.5) is 5.69 Å². The summed E-state index contributed by atoms with van der Waals surface area (Å²) in [6.07, 6.45) is 2.76. The molecule has 128 valence electrons. The Hall–Kier alpha value is -1.92. The monoisotopic (exact) mass is 328 g/mol. The van der Waals surface area contributed by atoms with Gasteiger partial charge in [-0.25, -0.2) is 9.97 Å². The predicted octanol–water partition coefficient (Wildman–Crippen LogP) is 1.80. The second kappa shape index (κ2) is 6.91. The van der Waals surface area contributed by atoms with E-state index < -0.39 is 0 Å². The van der Waals surface area contributed by atoms with E-state index in [1.165, 1.54) is 18.7 Å². The molecule has 6 heteroatoms. The highest BCUT2D eigenvalue weighted by atomic mass is 16.5. The lowest BCUT2D eigenvalue weighted by atomic mass is 10.1. The van der Waals surface area contributed by atoms with E-state index in [0.29, 0.717) is 5.88 Å². The molecule has 0 spiro atoms. The second-order valence-corrected chi connectivity index (χ2v) is 6.60. The van der Waals surface area contributed by atoms with Gasteiger partial charge in [-0.15, -0.1) is 0 Å². The van der Waals surface area contributed by atoms with Gasteiger partial charge in [0.05, 0.1) is 24.6 Å². The smallest absolute Gasteiger partial charge is 0.224 e. The number of hydrogen-bond donors (Lipinski definition) is 0. The molecule has 0 saturated carbocycles.